The maximum absolute atomic E-state index is 13.7. The summed E-state index contributed by atoms with van der Waals surface area (Å²) in [6.07, 6.45) is -2.33. The van der Waals surface area contributed by atoms with Crippen molar-refractivity contribution in [2.75, 3.05) is 38.5 Å². The third kappa shape index (κ3) is 5.37. The van der Waals surface area contributed by atoms with Crippen molar-refractivity contribution in [1.82, 2.24) is 14.8 Å². The van der Waals surface area contributed by atoms with Crippen LogP contribution in [-0.2, 0) is 19.1 Å². The SMILES string of the molecule is CCc1cc(C(=O)Nc2ccc(CN3CCN(C)CC3)c(C(F)(F)F)c2)cnc1C. The predicted molar refractivity (Wildman–Crippen MR) is 111 cm³/mol. The molecule has 0 unspecified atom stereocenters. The van der Waals surface area contributed by atoms with E-state index in [0.717, 1.165) is 49.9 Å². The van der Waals surface area contributed by atoms with Gasteiger partial charge in [0.25, 0.3) is 5.91 Å². The average Bonchev–Trinajstić information content (AvgIpc) is 2.70. The molecule has 0 atom stereocenters. The van der Waals surface area contributed by atoms with Gasteiger partial charge in [-0.15, -0.1) is 0 Å². The van der Waals surface area contributed by atoms with Gasteiger partial charge in [0.1, 0.15) is 0 Å². The van der Waals surface area contributed by atoms with Gasteiger partial charge in [0.2, 0.25) is 0 Å². The Morgan fingerprint density at radius 1 is 1.13 bits per heavy atom. The van der Waals surface area contributed by atoms with Crippen LogP contribution in [-0.4, -0.2) is 53.9 Å². The first-order chi connectivity index (χ1) is 14.2. The van der Waals surface area contributed by atoms with E-state index >= 15 is 0 Å². The third-order valence-electron chi connectivity index (χ3n) is 5.50. The van der Waals surface area contributed by atoms with Gasteiger partial charge in [0, 0.05) is 50.3 Å². The van der Waals surface area contributed by atoms with Crippen LogP contribution in [0.25, 0.3) is 0 Å². The number of amides is 1. The zero-order chi connectivity index (χ0) is 21.9. The monoisotopic (exact) mass is 420 g/mol. The van der Waals surface area contributed by atoms with Crippen LogP contribution in [0.2, 0.25) is 0 Å². The zero-order valence-electron chi connectivity index (χ0n) is 17.5. The van der Waals surface area contributed by atoms with E-state index in [9.17, 15) is 18.0 Å². The molecule has 3 rings (SSSR count). The van der Waals surface area contributed by atoms with Crippen LogP contribution >= 0.6 is 0 Å². The molecule has 0 aliphatic carbocycles. The number of likely N-dealkylation sites (N-methyl/N-ethyl adjacent to an activating group) is 1. The van der Waals surface area contributed by atoms with Gasteiger partial charge in [-0.05, 0) is 49.7 Å². The van der Waals surface area contributed by atoms with E-state index in [0.29, 0.717) is 5.56 Å². The fourth-order valence-electron chi connectivity index (χ4n) is 3.57. The summed E-state index contributed by atoms with van der Waals surface area (Å²) in [4.78, 5) is 20.9. The lowest BCUT2D eigenvalue weighted by Crippen LogP contribution is -2.44. The Labute approximate surface area is 174 Å². The molecule has 1 aromatic heterocycles. The van der Waals surface area contributed by atoms with Crippen molar-refractivity contribution < 1.29 is 18.0 Å². The maximum Gasteiger partial charge on any atom is 0.416 e. The van der Waals surface area contributed by atoms with Crippen LogP contribution < -0.4 is 5.32 Å². The van der Waals surface area contributed by atoms with E-state index in [2.05, 4.69) is 15.2 Å². The molecule has 0 bridgehead atoms. The molecule has 1 aromatic carbocycles. The van der Waals surface area contributed by atoms with Crippen molar-refractivity contribution in [2.45, 2.75) is 33.0 Å². The molecule has 8 heteroatoms. The van der Waals surface area contributed by atoms with Gasteiger partial charge in [0.05, 0.1) is 11.1 Å². The molecule has 1 aliphatic heterocycles. The standard InChI is InChI=1S/C22H27F3N4O/c1-4-16-11-18(13-26-15(16)2)21(30)27-19-6-5-17(20(12-19)22(23,24)25)14-29-9-7-28(3)8-10-29/h5-6,11-13H,4,7-10,14H2,1-3H3,(H,27,30). The number of rotatable bonds is 5. The Hall–Kier alpha value is -2.45. The summed E-state index contributed by atoms with van der Waals surface area (Å²) in [5.74, 6) is -0.475. The molecule has 0 saturated carbocycles. The highest BCUT2D eigenvalue weighted by atomic mass is 19.4. The molecular weight excluding hydrogens is 393 g/mol. The van der Waals surface area contributed by atoms with Gasteiger partial charge < -0.3 is 10.2 Å². The number of aromatic nitrogens is 1. The number of piperazine rings is 1. The lowest BCUT2D eigenvalue weighted by Gasteiger charge is -2.33. The lowest BCUT2D eigenvalue weighted by molar-refractivity contribution is -0.138. The number of nitrogens with one attached hydrogen (secondary N) is 1. The predicted octanol–water partition coefficient (Wildman–Crippen LogP) is 3.97. The first-order valence-electron chi connectivity index (χ1n) is 10.0. The minimum Gasteiger partial charge on any atom is -0.322 e. The van der Waals surface area contributed by atoms with Crippen LogP contribution in [0.1, 0.15) is 39.7 Å². The second-order valence-corrected chi connectivity index (χ2v) is 7.73. The molecule has 1 saturated heterocycles. The summed E-state index contributed by atoms with van der Waals surface area (Å²) in [5.41, 5.74) is 1.72. The molecule has 1 amide bonds. The van der Waals surface area contributed by atoms with E-state index < -0.39 is 17.6 Å². The Kier molecular flexibility index (Phi) is 6.77. The molecule has 5 nitrogen and oxygen atoms in total. The minimum absolute atomic E-state index is 0.119. The molecule has 1 N–H and O–H groups in total. The number of carbonyl (C=O) groups is 1. The number of anilines is 1. The van der Waals surface area contributed by atoms with Crippen LogP contribution in [0.3, 0.4) is 0 Å². The summed E-state index contributed by atoms with van der Waals surface area (Å²) in [6.45, 7) is 7.17. The largest absolute Gasteiger partial charge is 0.416 e. The normalized spacial score (nSPS) is 15.9. The number of aryl methyl sites for hydroxylation is 2. The summed E-state index contributed by atoms with van der Waals surface area (Å²) in [7, 11) is 2.00. The maximum atomic E-state index is 13.7. The fourth-order valence-corrected chi connectivity index (χ4v) is 3.57. The highest BCUT2D eigenvalue weighted by molar-refractivity contribution is 6.04. The first kappa shape index (κ1) is 22.2. The molecule has 0 radical (unpaired) electrons. The van der Waals surface area contributed by atoms with Crippen LogP contribution in [0.15, 0.2) is 30.5 Å². The zero-order valence-corrected chi connectivity index (χ0v) is 17.5. The highest BCUT2D eigenvalue weighted by Gasteiger charge is 2.34. The van der Waals surface area contributed by atoms with Gasteiger partial charge in [0.15, 0.2) is 0 Å². The molecule has 162 valence electrons. The van der Waals surface area contributed by atoms with Gasteiger partial charge in [-0.25, -0.2) is 0 Å². The average molecular weight is 420 g/mol. The summed E-state index contributed by atoms with van der Waals surface area (Å²) in [5, 5.41) is 2.58. The smallest absolute Gasteiger partial charge is 0.322 e. The van der Waals surface area contributed by atoms with Crippen LogP contribution in [0.4, 0.5) is 18.9 Å². The van der Waals surface area contributed by atoms with E-state index in [1.54, 1.807) is 6.07 Å². The topological polar surface area (TPSA) is 48.5 Å². The molecule has 2 heterocycles. The second-order valence-electron chi connectivity index (χ2n) is 7.73. The van der Waals surface area contributed by atoms with Crippen molar-refractivity contribution in [3.05, 3.63) is 58.4 Å². The summed E-state index contributed by atoms with van der Waals surface area (Å²) >= 11 is 0. The molecule has 30 heavy (non-hydrogen) atoms. The van der Waals surface area contributed by atoms with Crippen LogP contribution in [0.5, 0.6) is 0 Å². The van der Waals surface area contributed by atoms with E-state index in [1.165, 1.54) is 18.3 Å². The van der Waals surface area contributed by atoms with Gasteiger partial charge >= 0.3 is 6.18 Å². The van der Waals surface area contributed by atoms with Crippen molar-refractivity contribution in [1.29, 1.82) is 0 Å². The second kappa shape index (κ2) is 9.14. The number of nitrogens with zero attached hydrogens (tertiary/aromatic N) is 3. The number of pyridine rings is 1. The first-order valence-corrected chi connectivity index (χ1v) is 10.0. The van der Waals surface area contributed by atoms with Gasteiger partial charge in [-0.3, -0.25) is 14.7 Å². The van der Waals surface area contributed by atoms with Crippen LogP contribution in [0, 0.1) is 6.92 Å². The van der Waals surface area contributed by atoms with Gasteiger partial charge in [-0.2, -0.15) is 13.2 Å². The van der Waals surface area contributed by atoms with Gasteiger partial charge in [-0.1, -0.05) is 13.0 Å². The van der Waals surface area contributed by atoms with E-state index in [4.69, 9.17) is 0 Å². The number of alkyl halides is 3. The van der Waals surface area contributed by atoms with E-state index in [-0.39, 0.29) is 17.8 Å². The molecule has 2 aromatic rings. The number of hydrogen-bond acceptors (Lipinski definition) is 4. The summed E-state index contributed by atoms with van der Waals surface area (Å²) < 4.78 is 41.1. The quantitative estimate of drug-likeness (QED) is 0.795. The minimum atomic E-state index is -4.50. The number of carbonyl (C=O) groups excluding carboxylic acids is 1. The highest BCUT2D eigenvalue weighted by Crippen LogP contribution is 2.34. The molecular formula is C22H27F3N4O. The third-order valence-corrected chi connectivity index (χ3v) is 5.50. The summed E-state index contributed by atoms with van der Waals surface area (Å²) in [6, 6.07) is 5.73. The van der Waals surface area contributed by atoms with E-state index in [1.807, 2.05) is 25.8 Å². The number of benzene rings is 1. The molecule has 1 fully saturated rings. The Morgan fingerprint density at radius 3 is 2.47 bits per heavy atom. The molecule has 0 spiro atoms. The molecule has 1 aliphatic rings. The Morgan fingerprint density at radius 2 is 1.83 bits per heavy atom. The fraction of sp³-hybridized carbons (Fsp3) is 0.455. The van der Waals surface area contributed by atoms with Crippen molar-refractivity contribution in [2.24, 2.45) is 0 Å². The van der Waals surface area contributed by atoms with Crippen molar-refractivity contribution in [3.8, 4) is 0 Å². The lowest BCUT2D eigenvalue weighted by atomic mass is 10.0. The van der Waals surface area contributed by atoms with Crippen molar-refractivity contribution in [3.63, 3.8) is 0 Å². The van der Waals surface area contributed by atoms with Crippen molar-refractivity contribution >= 4 is 11.6 Å². The number of hydrogen-bond donors (Lipinski definition) is 1. The Bertz CT molecular complexity index is 906. The Balaban J connectivity index is 1.80. The number of halogens is 3.